The van der Waals surface area contributed by atoms with Gasteiger partial charge in [-0.3, -0.25) is 4.98 Å². The first-order valence-corrected chi connectivity index (χ1v) is 5.95. The zero-order valence-electron chi connectivity index (χ0n) is 9.50. The molecule has 0 aliphatic rings. The molecule has 1 heterocycles. The zero-order valence-corrected chi connectivity index (χ0v) is 11.1. The fourth-order valence-corrected chi connectivity index (χ4v) is 1.82. The quantitative estimate of drug-likeness (QED) is 0.939. The summed E-state index contributed by atoms with van der Waals surface area (Å²) in [7, 11) is 0. The number of aromatic carboxylic acids is 1. The summed E-state index contributed by atoms with van der Waals surface area (Å²) in [6.45, 7) is 0. The molecule has 0 aliphatic carbocycles. The molecule has 0 saturated carbocycles. The van der Waals surface area contributed by atoms with Gasteiger partial charge >= 0.3 is 5.97 Å². The van der Waals surface area contributed by atoms with Crippen LogP contribution < -0.4 is 4.74 Å². The fourth-order valence-electron chi connectivity index (χ4n) is 1.38. The minimum Gasteiger partial charge on any atom is -0.478 e. The van der Waals surface area contributed by atoms with Crippen LogP contribution in [0.1, 0.15) is 15.9 Å². The predicted molar refractivity (Wildman–Crippen MR) is 70.1 cm³/mol. The van der Waals surface area contributed by atoms with Crippen molar-refractivity contribution >= 4 is 21.9 Å². The Morgan fingerprint density at radius 2 is 2.11 bits per heavy atom. The first kappa shape index (κ1) is 13.1. The number of nitriles is 1. The number of rotatable bonds is 3. The second kappa shape index (κ2) is 5.50. The third kappa shape index (κ3) is 3.09. The number of halogens is 1. The molecule has 1 N–H and O–H groups in total. The summed E-state index contributed by atoms with van der Waals surface area (Å²) in [6.07, 6.45) is 2.66. The van der Waals surface area contributed by atoms with Crippen molar-refractivity contribution in [1.82, 2.24) is 4.98 Å². The molecule has 0 amide bonds. The van der Waals surface area contributed by atoms with Crippen LogP contribution in [0.5, 0.6) is 11.5 Å². The second-order valence-electron chi connectivity index (χ2n) is 3.57. The third-order valence-corrected chi connectivity index (χ3v) is 2.91. The van der Waals surface area contributed by atoms with E-state index in [1.54, 1.807) is 18.2 Å². The molecule has 1 aromatic heterocycles. The largest absolute Gasteiger partial charge is 0.478 e. The van der Waals surface area contributed by atoms with Crippen molar-refractivity contribution in [2.45, 2.75) is 0 Å². The van der Waals surface area contributed by atoms with E-state index in [0.717, 1.165) is 0 Å². The average molecular weight is 319 g/mol. The average Bonchev–Trinajstić information content (AvgIpc) is 2.39. The van der Waals surface area contributed by atoms with E-state index < -0.39 is 5.97 Å². The number of nitrogens with zero attached hydrogens (tertiary/aromatic N) is 2. The van der Waals surface area contributed by atoms with E-state index in [0.29, 0.717) is 21.5 Å². The summed E-state index contributed by atoms with van der Waals surface area (Å²) in [6, 6.07) is 8.25. The van der Waals surface area contributed by atoms with Crippen LogP contribution in [0.3, 0.4) is 0 Å². The highest BCUT2D eigenvalue weighted by Crippen LogP contribution is 2.26. The summed E-state index contributed by atoms with van der Waals surface area (Å²) in [4.78, 5) is 14.6. The Morgan fingerprint density at radius 1 is 1.32 bits per heavy atom. The maximum atomic E-state index is 10.8. The van der Waals surface area contributed by atoms with Crippen LogP contribution in [0, 0.1) is 11.3 Å². The maximum Gasteiger partial charge on any atom is 0.337 e. The lowest BCUT2D eigenvalue weighted by molar-refractivity contribution is 0.0696. The molecule has 0 radical (unpaired) electrons. The van der Waals surface area contributed by atoms with Gasteiger partial charge in [0.1, 0.15) is 17.6 Å². The molecule has 6 heteroatoms. The molecule has 0 atom stereocenters. The molecule has 0 fully saturated rings. The number of hydrogen-bond donors (Lipinski definition) is 1. The Balaban J connectivity index is 2.26. The molecule has 94 valence electrons. The molecule has 0 bridgehead atoms. The van der Waals surface area contributed by atoms with Crippen molar-refractivity contribution in [2.75, 3.05) is 0 Å². The van der Waals surface area contributed by atoms with Crippen LogP contribution in [0.25, 0.3) is 0 Å². The first-order valence-electron chi connectivity index (χ1n) is 5.16. The summed E-state index contributed by atoms with van der Waals surface area (Å²) in [5.41, 5.74) is 0.537. The zero-order chi connectivity index (χ0) is 13.8. The highest BCUT2D eigenvalue weighted by atomic mass is 79.9. The van der Waals surface area contributed by atoms with Crippen LogP contribution >= 0.6 is 15.9 Å². The summed E-state index contributed by atoms with van der Waals surface area (Å²) < 4.78 is 6.09. The predicted octanol–water partition coefficient (Wildman–Crippen LogP) is 3.21. The van der Waals surface area contributed by atoms with Gasteiger partial charge in [0.05, 0.1) is 17.3 Å². The van der Waals surface area contributed by atoms with Gasteiger partial charge in [0.15, 0.2) is 0 Å². The van der Waals surface area contributed by atoms with E-state index in [1.165, 1.54) is 18.5 Å². The number of carboxylic acids is 1. The van der Waals surface area contributed by atoms with E-state index in [4.69, 9.17) is 15.1 Å². The molecule has 5 nitrogen and oxygen atoms in total. The number of ether oxygens (including phenoxy) is 1. The van der Waals surface area contributed by atoms with Crippen molar-refractivity contribution < 1.29 is 14.6 Å². The Kier molecular flexibility index (Phi) is 3.78. The van der Waals surface area contributed by atoms with E-state index >= 15 is 0 Å². The van der Waals surface area contributed by atoms with Crippen LogP contribution in [-0.4, -0.2) is 16.1 Å². The lowest BCUT2D eigenvalue weighted by Gasteiger charge is -2.06. The molecular formula is C13H7BrN2O3. The topological polar surface area (TPSA) is 83.2 Å². The van der Waals surface area contributed by atoms with E-state index in [2.05, 4.69) is 20.9 Å². The highest BCUT2D eigenvalue weighted by molar-refractivity contribution is 9.10. The summed E-state index contributed by atoms with van der Waals surface area (Å²) >= 11 is 3.25. The van der Waals surface area contributed by atoms with Gasteiger partial charge < -0.3 is 9.84 Å². The van der Waals surface area contributed by atoms with Gasteiger partial charge in [0, 0.05) is 10.7 Å². The lowest BCUT2D eigenvalue weighted by atomic mass is 10.2. The van der Waals surface area contributed by atoms with Gasteiger partial charge in [0.2, 0.25) is 0 Å². The Bertz CT molecular complexity index is 680. The third-order valence-electron chi connectivity index (χ3n) is 2.26. The minimum atomic E-state index is -1.07. The first-order chi connectivity index (χ1) is 9.10. The number of hydrogen-bond acceptors (Lipinski definition) is 4. The van der Waals surface area contributed by atoms with E-state index in [1.807, 2.05) is 6.07 Å². The standard InChI is InChI=1S/C13H7BrN2O3/c14-12-4-10(2-1-8(12)5-15)19-11-3-9(13(17)18)6-16-7-11/h1-4,6-7H,(H,17,18). The molecule has 0 unspecified atom stereocenters. The molecule has 0 spiro atoms. The van der Waals surface area contributed by atoms with Crippen LogP contribution in [0.15, 0.2) is 41.1 Å². The van der Waals surface area contributed by atoms with Crippen LogP contribution in [0.4, 0.5) is 0 Å². The summed E-state index contributed by atoms with van der Waals surface area (Å²) in [5, 5.41) is 17.6. The van der Waals surface area contributed by atoms with Gasteiger partial charge in [-0.05, 0) is 40.2 Å². The molecular weight excluding hydrogens is 312 g/mol. The van der Waals surface area contributed by atoms with Crippen molar-refractivity contribution in [2.24, 2.45) is 0 Å². The number of benzene rings is 1. The van der Waals surface area contributed by atoms with Gasteiger partial charge in [-0.15, -0.1) is 0 Å². The maximum absolute atomic E-state index is 10.8. The van der Waals surface area contributed by atoms with Gasteiger partial charge in [-0.2, -0.15) is 5.26 Å². The van der Waals surface area contributed by atoms with Crippen molar-refractivity contribution in [3.63, 3.8) is 0 Å². The minimum absolute atomic E-state index is 0.0465. The van der Waals surface area contributed by atoms with Crippen LogP contribution in [-0.2, 0) is 0 Å². The number of carboxylic acid groups (broad SMARTS) is 1. The monoisotopic (exact) mass is 318 g/mol. The fraction of sp³-hybridized carbons (Fsp3) is 0. The van der Waals surface area contributed by atoms with Crippen molar-refractivity contribution in [3.05, 3.63) is 52.3 Å². The normalized spacial score (nSPS) is 9.68. The van der Waals surface area contributed by atoms with Crippen molar-refractivity contribution in [1.29, 1.82) is 5.26 Å². The van der Waals surface area contributed by atoms with E-state index in [9.17, 15) is 4.79 Å². The van der Waals surface area contributed by atoms with Gasteiger partial charge in [-0.25, -0.2) is 4.79 Å². The van der Waals surface area contributed by atoms with Crippen molar-refractivity contribution in [3.8, 4) is 17.6 Å². The molecule has 19 heavy (non-hydrogen) atoms. The smallest absolute Gasteiger partial charge is 0.337 e. The molecule has 1 aromatic carbocycles. The van der Waals surface area contributed by atoms with Gasteiger partial charge in [0.25, 0.3) is 0 Å². The summed E-state index contributed by atoms with van der Waals surface area (Å²) in [5.74, 6) is -0.273. The Labute approximate surface area is 117 Å². The second-order valence-corrected chi connectivity index (χ2v) is 4.42. The van der Waals surface area contributed by atoms with E-state index in [-0.39, 0.29) is 5.56 Å². The SMILES string of the molecule is N#Cc1ccc(Oc2cncc(C(=O)O)c2)cc1Br. The highest BCUT2D eigenvalue weighted by Gasteiger charge is 2.07. The molecule has 2 aromatic rings. The number of aromatic nitrogens is 1. The molecule has 0 aliphatic heterocycles. The Hall–Kier alpha value is -2.39. The molecule has 0 saturated heterocycles. The number of pyridine rings is 1. The Morgan fingerprint density at radius 3 is 2.74 bits per heavy atom. The lowest BCUT2D eigenvalue weighted by Crippen LogP contribution is -1.97. The molecule has 2 rings (SSSR count). The van der Waals surface area contributed by atoms with Gasteiger partial charge in [-0.1, -0.05) is 0 Å². The number of carbonyl (C=O) groups is 1. The van der Waals surface area contributed by atoms with Crippen LogP contribution in [0.2, 0.25) is 0 Å².